The predicted octanol–water partition coefficient (Wildman–Crippen LogP) is 4.91. The van der Waals surface area contributed by atoms with E-state index >= 15 is 0 Å². The van der Waals surface area contributed by atoms with E-state index in [9.17, 15) is 4.79 Å². The van der Waals surface area contributed by atoms with Crippen LogP contribution in [0.4, 0.5) is 4.79 Å². The van der Waals surface area contributed by atoms with E-state index in [-0.39, 0.29) is 6.04 Å². The van der Waals surface area contributed by atoms with Crippen molar-refractivity contribution in [1.82, 2.24) is 10.3 Å². The van der Waals surface area contributed by atoms with Crippen LogP contribution in [0.5, 0.6) is 0 Å². The van der Waals surface area contributed by atoms with E-state index in [1.165, 1.54) is 0 Å². The maximum Gasteiger partial charge on any atom is 0.408 e. The highest BCUT2D eigenvalue weighted by atomic mass is 79.9. The van der Waals surface area contributed by atoms with Crippen LogP contribution in [-0.4, -0.2) is 16.7 Å². The number of H-pyrrole nitrogens is 1. The van der Waals surface area contributed by atoms with Crippen LogP contribution in [0.25, 0.3) is 10.9 Å². The third-order valence-electron chi connectivity index (χ3n) is 3.15. The molecule has 0 saturated carbocycles. The predicted molar refractivity (Wildman–Crippen MR) is 88.4 cm³/mol. The summed E-state index contributed by atoms with van der Waals surface area (Å²) in [4.78, 5) is 15.2. The number of fused-ring (bicyclic) bond motifs is 1. The Morgan fingerprint density at radius 3 is 2.76 bits per heavy atom. The Kier molecular flexibility index (Phi) is 4.61. The third kappa shape index (κ3) is 4.00. The number of alkyl carbamates (subject to hydrolysis) is 1. The van der Waals surface area contributed by atoms with Gasteiger partial charge in [-0.1, -0.05) is 22.9 Å². The van der Waals surface area contributed by atoms with Crippen LogP contribution in [0, 0.1) is 0 Å². The third-order valence-corrected chi connectivity index (χ3v) is 3.64. The smallest absolute Gasteiger partial charge is 0.408 e. The van der Waals surface area contributed by atoms with Crippen molar-refractivity contribution in [1.29, 1.82) is 0 Å². The van der Waals surface area contributed by atoms with E-state index in [0.717, 1.165) is 27.4 Å². The van der Waals surface area contributed by atoms with Crippen LogP contribution in [-0.2, 0) is 4.74 Å². The van der Waals surface area contributed by atoms with Gasteiger partial charge in [-0.2, -0.15) is 0 Å². The first-order valence-electron chi connectivity index (χ1n) is 7.06. The Morgan fingerprint density at radius 2 is 2.14 bits per heavy atom. The first kappa shape index (κ1) is 15.9. The van der Waals surface area contributed by atoms with Crippen molar-refractivity contribution >= 4 is 32.9 Å². The minimum absolute atomic E-state index is 0.0806. The van der Waals surface area contributed by atoms with Crippen LogP contribution >= 0.6 is 15.9 Å². The molecule has 114 valence electrons. The first-order chi connectivity index (χ1) is 9.80. The van der Waals surface area contributed by atoms with Crippen molar-refractivity contribution in [2.45, 2.75) is 45.8 Å². The molecule has 1 amide bonds. The van der Waals surface area contributed by atoms with Crippen molar-refractivity contribution in [2.75, 3.05) is 0 Å². The summed E-state index contributed by atoms with van der Waals surface area (Å²) in [6.45, 7) is 7.61. The molecule has 0 aliphatic heterocycles. The molecule has 1 atom stereocenters. The van der Waals surface area contributed by atoms with Crippen molar-refractivity contribution < 1.29 is 9.53 Å². The van der Waals surface area contributed by atoms with Gasteiger partial charge >= 0.3 is 6.09 Å². The van der Waals surface area contributed by atoms with Gasteiger partial charge in [-0.25, -0.2) is 4.79 Å². The molecule has 1 aromatic carbocycles. The lowest BCUT2D eigenvalue weighted by Gasteiger charge is -2.23. The minimum Gasteiger partial charge on any atom is -0.444 e. The number of hydrogen-bond donors (Lipinski definition) is 2. The fourth-order valence-electron chi connectivity index (χ4n) is 2.25. The molecule has 1 aromatic heterocycles. The van der Waals surface area contributed by atoms with Gasteiger partial charge in [0.1, 0.15) is 5.60 Å². The maximum absolute atomic E-state index is 12.0. The molecule has 0 bridgehead atoms. The Balaban J connectivity index is 2.23. The molecule has 2 N–H and O–H groups in total. The summed E-state index contributed by atoms with van der Waals surface area (Å²) >= 11 is 3.49. The molecule has 0 aliphatic rings. The molecule has 21 heavy (non-hydrogen) atoms. The monoisotopic (exact) mass is 352 g/mol. The second-order valence-electron chi connectivity index (χ2n) is 6.04. The molecule has 2 rings (SSSR count). The number of carbonyl (C=O) groups excluding carboxylic acids is 1. The van der Waals surface area contributed by atoms with E-state index in [2.05, 4.69) is 32.3 Å². The lowest BCUT2D eigenvalue weighted by molar-refractivity contribution is 0.0502. The summed E-state index contributed by atoms with van der Waals surface area (Å²) in [5.41, 5.74) is 1.63. The summed E-state index contributed by atoms with van der Waals surface area (Å²) in [6.07, 6.45) is 2.35. The van der Waals surface area contributed by atoms with Crippen LogP contribution in [0.15, 0.2) is 28.9 Å². The summed E-state index contributed by atoms with van der Waals surface area (Å²) in [5, 5.41) is 4.04. The number of ether oxygens (including phenoxy) is 1. The molecule has 0 spiro atoms. The Bertz CT molecular complexity index is 643. The van der Waals surface area contributed by atoms with E-state index < -0.39 is 11.7 Å². The van der Waals surface area contributed by atoms with Gasteiger partial charge in [0.2, 0.25) is 0 Å². The van der Waals surface area contributed by atoms with Crippen molar-refractivity contribution in [3.63, 3.8) is 0 Å². The number of hydrogen-bond acceptors (Lipinski definition) is 2. The van der Waals surface area contributed by atoms with Crippen LogP contribution in [0.1, 0.15) is 45.7 Å². The van der Waals surface area contributed by atoms with Crippen LogP contribution < -0.4 is 5.32 Å². The summed E-state index contributed by atoms with van der Waals surface area (Å²) in [7, 11) is 0. The second-order valence-corrected chi connectivity index (χ2v) is 6.96. The van der Waals surface area contributed by atoms with Crippen molar-refractivity contribution in [3.05, 3.63) is 34.4 Å². The number of amides is 1. The normalized spacial score (nSPS) is 13.2. The zero-order chi connectivity index (χ0) is 15.6. The molecule has 4 nitrogen and oxygen atoms in total. The molecule has 5 heteroatoms. The van der Waals surface area contributed by atoms with E-state index in [1.807, 2.05) is 46.0 Å². The maximum atomic E-state index is 12.0. The molecule has 0 aliphatic carbocycles. The van der Waals surface area contributed by atoms with Crippen LogP contribution in [0.3, 0.4) is 0 Å². The standard InChI is InChI=1S/C16H21BrN2O2/c1-5-13(19-15(20)21-16(2,3)4)12-9-18-14-7-6-10(17)8-11(12)14/h6-9,13,18H,5H2,1-4H3,(H,19,20)/t13-/m0/s1. The average molecular weight is 353 g/mol. The fraction of sp³-hybridized carbons (Fsp3) is 0.438. The van der Waals surface area contributed by atoms with Gasteiger partial charge in [0.05, 0.1) is 6.04 Å². The lowest BCUT2D eigenvalue weighted by Crippen LogP contribution is -2.34. The highest BCUT2D eigenvalue weighted by Crippen LogP contribution is 2.28. The molecule has 1 heterocycles. The summed E-state index contributed by atoms with van der Waals surface area (Å²) in [5.74, 6) is 0. The summed E-state index contributed by atoms with van der Waals surface area (Å²) < 4.78 is 6.35. The van der Waals surface area contributed by atoms with Crippen LogP contribution in [0.2, 0.25) is 0 Å². The minimum atomic E-state index is -0.494. The van der Waals surface area contributed by atoms with Gasteiger partial charge in [0.15, 0.2) is 0 Å². The number of benzene rings is 1. The van der Waals surface area contributed by atoms with Gasteiger partial charge in [0, 0.05) is 21.6 Å². The molecular weight excluding hydrogens is 332 g/mol. The molecule has 0 saturated heterocycles. The molecule has 0 unspecified atom stereocenters. The topological polar surface area (TPSA) is 54.1 Å². The number of halogens is 1. The number of aromatic nitrogens is 1. The Labute approximate surface area is 133 Å². The molecule has 0 radical (unpaired) electrons. The highest BCUT2D eigenvalue weighted by Gasteiger charge is 2.21. The lowest BCUT2D eigenvalue weighted by atomic mass is 10.0. The van der Waals surface area contributed by atoms with Gasteiger partial charge in [-0.05, 0) is 51.0 Å². The SMILES string of the molecule is CC[C@H](NC(=O)OC(C)(C)C)c1c[nH]c2ccc(Br)cc12. The van der Waals surface area contributed by atoms with Crippen molar-refractivity contribution in [2.24, 2.45) is 0 Å². The van der Waals surface area contributed by atoms with Crippen molar-refractivity contribution in [3.8, 4) is 0 Å². The Morgan fingerprint density at radius 1 is 1.43 bits per heavy atom. The number of rotatable bonds is 3. The zero-order valence-electron chi connectivity index (χ0n) is 12.8. The van der Waals surface area contributed by atoms with E-state index in [1.54, 1.807) is 0 Å². The molecule has 0 fully saturated rings. The van der Waals surface area contributed by atoms with Gasteiger partial charge in [-0.15, -0.1) is 0 Å². The summed E-state index contributed by atoms with van der Waals surface area (Å²) in [6, 6.07) is 5.98. The number of nitrogens with one attached hydrogen (secondary N) is 2. The first-order valence-corrected chi connectivity index (χ1v) is 7.85. The van der Waals surface area contributed by atoms with Gasteiger partial charge < -0.3 is 15.0 Å². The average Bonchev–Trinajstić information content (AvgIpc) is 2.76. The fourth-order valence-corrected chi connectivity index (χ4v) is 2.61. The highest BCUT2D eigenvalue weighted by molar-refractivity contribution is 9.10. The number of carbonyl (C=O) groups is 1. The van der Waals surface area contributed by atoms with Gasteiger partial charge in [0.25, 0.3) is 0 Å². The molecular formula is C16H21BrN2O2. The molecule has 2 aromatic rings. The quantitative estimate of drug-likeness (QED) is 0.824. The zero-order valence-corrected chi connectivity index (χ0v) is 14.4. The largest absolute Gasteiger partial charge is 0.444 e. The van der Waals surface area contributed by atoms with E-state index in [4.69, 9.17) is 4.74 Å². The Hall–Kier alpha value is -1.49. The number of aromatic amines is 1. The van der Waals surface area contributed by atoms with Gasteiger partial charge in [-0.3, -0.25) is 0 Å². The second kappa shape index (κ2) is 6.10. The van der Waals surface area contributed by atoms with E-state index in [0.29, 0.717) is 0 Å².